The Bertz CT molecular complexity index is 387. The van der Waals surface area contributed by atoms with Crippen LogP contribution in [0.2, 0.25) is 5.02 Å². The minimum Gasteiger partial charge on any atom is -0.481 e. The highest BCUT2D eigenvalue weighted by Crippen LogP contribution is 2.21. The number of hydrogen-bond acceptors (Lipinski definition) is 2. The molecule has 0 aliphatic heterocycles. The number of benzene rings is 1. The summed E-state index contributed by atoms with van der Waals surface area (Å²) in [5.74, 6) is -0.753. The summed E-state index contributed by atoms with van der Waals surface area (Å²) in [4.78, 5) is 10.8. The average Bonchev–Trinajstić information content (AvgIpc) is 3.04. The molecule has 2 N–H and O–H groups in total. The monoisotopic (exact) mass is 253 g/mol. The highest BCUT2D eigenvalue weighted by Gasteiger charge is 2.25. The zero-order chi connectivity index (χ0) is 12.3. The summed E-state index contributed by atoms with van der Waals surface area (Å²) < 4.78 is 0. The van der Waals surface area contributed by atoms with Crippen LogP contribution in [0, 0.1) is 0 Å². The zero-order valence-electron chi connectivity index (χ0n) is 9.53. The molecule has 0 aromatic heterocycles. The number of nitrogens with one attached hydrogen (secondary N) is 1. The van der Waals surface area contributed by atoms with Crippen LogP contribution < -0.4 is 5.32 Å². The number of aliphatic carboxylic acids is 1. The molecule has 1 aromatic carbocycles. The minimum atomic E-state index is -0.753. The second-order valence-electron chi connectivity index (χ2n) is 4.57. The van der Waals surface area contributed by atoms with Gasteiger partial charge >= 0.3 is 5.97 Å². The summed E-state index contributed by atoms with van der Waals surface area (Å²) >= 11 is 5.82. The summed E-state index contributed by atoms with van der Waals surface area (Å²) in [6, 6.07) is 8.11. The Labute approximate surface area is 106 Å². The van der Waals surface area contributed by atoms with E-state index in [1.54, 1.807) is 0 Å². The van der Waals surface area contributed by atoms with Crippen molar-refractivity contribution in [1.29, 1.82) is 0 Å². The SMILES string of the molecule is O=C(O)CC(Cc1ccc(Cl)cc1)NC1CC1. The van der Waals surface area contributed by atoms with E-state index in [4.69, 9.17) is 16.7 Å². The molecule has 1 aliphatic carbocycles. The maximum atomic E-state index is 10.8. The second-order valence-corrected chi connectivity index (χ2v) is 5.00. The molecule has 0 radical (unpaired) electrons. The van der Waals surface area contributed by atoms with Gasteiger partial charge in [-0.05, 0) is 37.0 Å². The summed E-state index contributed by atoms with van der Waals surface area (Å²) in [6.45, 7) is 0. The highest BCUT2D eigenvalue weighted by molar-refractivity contribution is 6.30. The van der Waals surface area contributed by atoms with E-state index < -0.39 is 5.97 Å². The van der Waals surface area contributed by atoms with Crippen LogP contribution >= 0.6 is 11.6 Å². The molecule has 4 heteroatoms. The molecular weight excluding hydrogens is 238 g/mol. The predicted octanol–water partition coefficient (Wildman–Crippen LogP) is 2.48. The fourth-order valence-corrected chi connectivity index (χ4v) is 2.02. The van der Waals surface area contributed by atoms with Crippen molar-refractivity contribution in [2.75, 3.05) is 0 Å². The largest absolute Gasteiger partial charge is 0.481 e. The third-order valence-electron chi connectivity index (χ3n) is 2.87. The molecule has 0 heterocycles. The molecule has 0 spiro atoms. The van der Waals surface area contributed by atoms with E-state index >= 15 is 0 Å². The number of rotatable bonds is 6. The molecule has 1 aliphatic rings. The fraction of sp³-hybridized carbons (Fsp3) is 0.462. The fourth-order valence-electron chi connectivity index (χ4n) is 1.89. The van der Waals surface area contributed by atoms with Crippen LogP contribution in [0.5, 0.6) is 0 Å². The standard InChI is InChI=1S/C13H16ClNO2/c14-10-3-1-9(2-4-10)7-12(8-13(16)17)15-11-5-6-11/h1-4,11-12,15H,5-8H2,(H,16,17). The third-order valence-corrected chi connectivity index (χ3v) is 3.12. The van der Waals surface area contributed by atoms with Crippen LogP contribution in [0.4, 0.5) is 0 Å². The van der Waals surface area contributed by atoms with E-state index in [1.807, 2.05) is 24.3 Å². The Morgan fingerprint density at radius 1 is 1.41 bits per heavy atom. The number of carbonyl (C=O) groups is 1. The van der Waals surface area contributed by atoms with Gasteiger partial charge in [-0.2, -0.15) is 0 Å². The molecule has 3 nitrogen and oxygen atoms in total. The van der Waals surface area contributed by atoms with Crippen molar-refractivity contribution in [2.24, 2.45) is 0 Å². The predicted molar refractivity (Wildman–Crippen MR) is 67.4 cm³/mol. The van der Waals surface area contributed by atoms with Crippen molar-refractivity contribution in [3.05, 3.63) is 34.9 Å². The van der Waals surface area contributed by atoms with E-state index in [0.29, 0.717) is 11.1 Å². The van der Waals surface area contributed by atoms with E-state index in [0.717, 1.165) is 24.8 Å². The van der Waals surface area contributed by atoms with Gasteiger partial charge in [0.25, 0.3) is 0 Å². The van der Waals surface area contributed by atoms with Gasteiger partial charge in [0.2, 0.25) is 0 Å². The highest BCUT2D eigenvalue weighted by atomic mass is 35.5. The summed E-state index contributed by atoms with van der Waals surface area (Å²) in [7, 11) is 0. The summed E-state index contributed by atoms with van der Waals surface area (Å²) in [5, 5.41) is 13.0. The van der Waals surface area contributed by atoms with Crippen molar-refractivity contribution in [3.63, 3.8) is 0 Å². The van der Waals surface area contributed by atoms with Crippen LogP contribution in [0.25, 0.3) is 0 Å². The Morgan fingerprint density at radius 2 is 2.06 bits per heavy atom. The Balaban J connectivity index is 1.94. The Morgan fingerprint density at radius 3 is 2.59 bits per heavy atom. The first-order valence-corrected chi connectivity index (χ1v) is 6.23. The summed E-state index contributed by atoms with van der Waals surface area (Å²) in [5.41, 5.74) is 1.12. The van der Waals surface area contributed by atoms with Crippen LogP contribution in [-0.4, -0.2) is 23.2 Å². The average molecular weight is 254 g/mol. The molecule has 0 saturated heterocycles. The van der Waals surface area contributed by atoms with Crippen molar-refractivity contribution < 1.29 is 9.90 Å². The molecule has 92 valence electrons. The number of carboxylic acid groups (broad SMARTS) is 1. The first-order chi connectivity index (χ1) is 8.13. The van der Waals surface area contributed by atoms with Gasteiger partial charge in [-0.1, -0.05) is 23.7 Å². The number of halogens is 1. The Hall–Kier alpha value is -1.06. The molecule has 1 saturated carbocycles. The van der Waals surface area contributed by atoms with Crippen LogP contribution in [0.3, 0.4) is 0 Å². The van der Waals surface area contributed by atoms with Gasteiger partial charge in [0.1, 0.15) is 0 Å². The number of carboxylic acids is 1. The lowest BCUT2D eigenvalue weighted by Crippen LogP contribution is -2.34. The van der Waals surface area contributed by atoms with Gasteiger partial charge in [-0.3, -0.25) is 4.79 Å². The van der Waals surface area contributed by atoms with Crippen molar-refractivity contribution in [2.45, 2.75) is 37.8 Å². The van der Waals surface area contributed by atoms with Gasteiger partial charge in [0.05, 0.1) is 6.42 Å². The zero-order valence-corrected chi connectivity index (χ0v) is 10.3. The van der Waals surface area contributed by atoms with Crippen LogP contribution in [0.15, 0.2) is 24.3 Å². The van der Waals surface area contributed by atoms with Crippen molar-refractivity contribution in [3.8, 4) is 0 Å². The molecule has 2 rings (SSSR count). The minimum absolute atomic E-state index is 0.0150. The molecule has 17 heavy (non-hydrogen) atoms. The van der Waals surface area contributed by atoms with E-state index in [-0.39, 0.29) is 12.5 Å². The topological polar surface area (TPSA) is 49.3 Å². The van der Waals surface area contributed by atoms with Crippen LogP contribution in [-0.2, 0) is 11.2 Å². The first-order valence-electron chi connectivity index (χ1n) is 5.86. The van der Waals surface area contributed by atoms with E-state index in [9.17, 15) is 4.79 Å². The normalized spacial score (nSPS) is 16.8. The van der Waals surface area contributed by atoms with Crippen molar-refractivity contribution >= 4 is 17.6 Å². The molecule has 0 amide bonds. The summed E-state index contributed by atoms with van der Waals surface area (Å²) in [6.07, 6.45) is 3.23. The molecule has 1 unspecified atom stereocenters. The smallest absolute Gasteiger partial charge is 0.304 e. The third kappa shape index (κ3) is 4.36. The Kier molecular flexibility index (Phi) is 4.02. The second kappa shape index (κ2) is 5.52. The maximum absolute atomic E-state index is 10.8. The van der Waals surface area contributed by atoms with Crippen LogP contribution in [0.1, 0.15) is 24.8 Å². The lowest BCUT2D eigenvalue weighted by Gasteiger charge is -2.16. The maximum Gasteiger partial charge on any atom is 0.304 e. The quantitative estimate of drug-likeness (QED) is 0.819. The molecular formula is C13H16ClNO2. The lowest BCUT2D eigenvalue weighted by molar-refractivity contribution is -0.137. The first kappa shape index (κ1) is 12.4. The van der Waals surface area contributed by atoms with Gasteiger partial charge in [0.15, 0.2) is 0 Å². The number of hydrogen-bond donors (Lipinski definition) is 2. The van der Waals surface area contributed by atoms with Gasteiger partial charge in [-0.25, -0.2) is 0 Å². The van der Waals surface area contributed by atoms with Gasteiger partial charge in [0, 0.05) is 17.1 Å². The van der Waals surface area contributed by atoms with E-state index in [2.05, 4.69) is 5.32 Å². The molecule has 1 fully saturated rings. The molecule has 1 aromatic rings. The van der Waals surface area contributed by atoms with Gasteiger partial charge in [-0.15, -0.1) is 0 Å². The van der Waals surface area contributed by atoms with Crippen molar-refractivity contribution in [1.82, 2.24) is 5.32 Å². The van der Waals surface area contributed by atoms with E-state index in [1.165, 1.54) is 0 Å². The molecule has 0 bridgehead atoms. The molecule has 1 atom stereocenters. The lowest BCUT2D eigenvalue weighted by atomic mass is 10.0. The van der Waals surface area contributed by atoms with Gasteiger partial charge < -0.3 is 10.4 Å².